The molecule has 8 heteroatoms. The first-order valence-corrected chi connectivity index (χ1v) is 19.9. The van der Waals surface area contributed by atoms with Crippen molar-refractivity contribution in [2.75, 3.05) is 36.2 Å². The van der Waals surface area contributed by atoms with Gasteiger partial charge in [-0.25, -0.2) is 0 Å². The van der Waals surface area contributed by atoms with Crippen molar-refractivity contribution >= 4 is 58.4 Å². The Balaban J connectivity index is 0.988. The van der Waals surface area contributed by atoms with Crippen LogP contribution < -0.4 is 19.3 Å². The summed E-state index contributed by atoms with van der Waals surface area (Å²) >= 11 is 0. The van der Waals surface area contributed by atoms with Crippen molar-refractivity contribution in [2.24, 2.45) is 0 Å². The van der Waals surface area contributed by atoms with Gasteiger partial charge in [0.15, 0.2) is 0 Å². The number of rotatable bonds is 18. The van der Waals surface area contributed by atoms with Crippen molar-refractivity contribution < 1.29 is 29.9 Å². The van der Waals surface area contributed by atoms with E-state index in [1.807, 2.05) is 84.9 Å². The number of hydrogen-bond donors (Lipinski definition) is 4. The number of aliphatic hydroxyl groups excluding tert-OH is 4. The molecule has 0 bridgehead atoms. The first kappa shape index (κ1) is 41.2. The fourth-order valence-corrected chi connectivity index (χ4v) is 6.49. The minimum atomic E-state index is -0.919. The van der Waals surface area contributed by atoms with Crippen LogP contribution in [0.4, 0.5) is 34.1 Å². The number of benzene rings is 7. The minimum Gasteiger partial charge on any atom is -0.491 e. The molecule has 2 atom stereocenters. The van der Waals surface area contributed by atoms with E-state index in [0.29, 0.717) is 11.5 Å². The predicted octanol–water partition coefficient (Wildman–Crippen LogP) is 10.4. The van der Waals surface area contributed by atoms with E-state index in [1.54, 1.807) is 0 Å². The molecule has 0 saturated carbocycles. The molecule has 2 unspecified atom stereocenters. The maximum Gasteiger partial charge on any atom is 0.119 e. The Morgan fingerprint density at radius 3 is 0.883 bits per heavy atom. The van der Waals surface area contributed by atoms with Crippen molar-refractivity contribution in [1.29, 1.82) is 0 Å². The normalized spacial score (nSPS) is 12.3. The van der Waals surface area contributed by atoms with E-state index in [2.05, 4.69) is 131 Å². The molecule has 60 heavy (non-hydrogen) atoms. The highest BCUT2D eigenvalue weighted by molar-refractivity contribution is 5.80. The molecule has 0 radical (unpaired) electrons. The van der Waals surface area contributed by atoms with E-state index < -0.39 is 12.2 Å². The molecule has 0 aromatic heterocycles. The lowest BCUT2D eigenvalue weighted by Crippen LogP contribution is -2.21. The van der Waals surface area contributed by atoms with Gasteiger partial charge in [-0.3, -0.25) is 0 Å². The van der Waals surface area contributed by atoms with Gasteiger partial charge in [-0.05, 0) is 119 Å². The van der Waals surface area contributed by atoms with Crippen LogP contribution in [0.3, 0.4) is 0 Å². The van der Waals surface area contributed by atoms with Gasteiger partial charge in [-0.1, -0.05) is 109 Å². The first-order valence-electron chi connectivity index (χ1n) is 19.9. The van der Waals surface area contributed by atoms with Gasteiger partial charge in [0, 0.05) is 34.1 Å². The topological polar surface area (TPSA) is 106 Å². The van der Waals surface area contributed by atoms with Crippen LogP contribution in [0.1, 0.15) is 22.3 Å². The lowest BCUT2D eigenvalue weighted by molar-refractivity contribution is 0.0536. The van der Waals surface area contributed by atoms with E-state index in [9.17, 15) is 10.2 Å². The molecule has 302 valence electrons. The Hall–Kier alpha value is -6.94. The summed E-state index contributed by atoms with van der Waals surface area (Å²) in [5.74, 6) is 1.24. The van der Waals surface area contributed by atoms with E-state index in [1.165, 1.54) is 0 Å². The molecule has 4 N–H and O–H groups in total. The van der Waals surface area contributed by atoms with Crippen LogP contribution in [-0.2, 0) is 0 Å². The Morgan fingerprint density at radius 1 is 0.350 bits per heavy atom. The Labute approximate surface area is 351 Å². The molecule has 7 aromatic carbocycles. The highest BCUT2D eigenvalue weighted by atomic mass is 16.5. The fourth-order valence-electron chi connectivity index (χ4n) is 6.49. The second kappa shape index (κ2) is 20.7. The second-order valence-electron chi connectivity index (χ2n) is 14.1. The number of aliphatic hydroxyl groups is 4. The third-order valence-corrected chi connectivity index (χ3v) is 9.70. The molecule has 0 saturated heterocycles. The van der Waals surface area contributed by atoms with Crippen molar-refractivity contribution in [3.05, 3.63) is 204 Å². The molecule has 7 rings (SSSR count). The van der Waals surface area contributed by atoms with Gasteiger partial charge in [-0.2, -0.15) is 0 Å². The molecular formula is C52H48N2O6. The molecule has 7 aromatic rings. The molecule has 0 fully saturated rings. The van der Waals surface area contributed by atoms with Crippen LogP contribution >= 0.6 is 0 Å². The molecule has 0 aliphatic carbocycles. The first-order chi connectivity index (χ1) is 29.4. The van der Waals surface area contributed by atoms with Crippen LogP contribution in [0.15, 0.2) is 182 Å². The van der Waals surface area contributed by atoms with Crippen LogP contribution in [0, 0.1) is 0 Å². The molecule has 0 aliphatic rings. The van der Waals surface area contributed by atoms with Gasteiger partial charge in [0.2, 0.25) is 0 Å². The number of anilines is 6. The lowest BCUT2D eigenvalue weighted by Gasteiger charge is -2.25. The van der Waals surface area contributed by atoms with Gasteiger partial charge in [0.05, 0.1) is 13.2 Å². The quantitative estimate of drug-likeness (QED) is 0.0637. The van der Waals surface area contributed by atoms with Gasteiger partial charge < -0.3 is 39.7 Å². The second-order valence-corrected chi connectivity index (χ2v) is 14.1. The molecule has 8 nitrogen and oxygen atoms in total. The van der Waals surface area contributed by atoms with E-state index in [-0.39, 0.29) is 26.4 Å². The minimum absolute atomic E-state index is 0.0263. The Kier molecular flexibility index (Phi) is 14.2. The zero-order valence-electron chi connectivity index (χ0n) is 33.1. The smallest absolute Gasteiger partial charge is 0.119 e. The standard InChI is InChI=1S/C52H48N2O6/c55-35-49(57)37-59-51-31-27-47(28-32-51)53(43-7-3-1-4-8-43)45-23-19-41(20-24-45)17-15-39-11-13-40(14-12-39)16-18-42-21-25-46(26-22-42)54(44-9-5-2-6-10-44)48-29-33-52(34-30-48)60-38-50(58)36-56/h1-34,49-50,55-58H,35-38H2. The highest BCUT2D eigenvalue weighted by Crippen LogP contribution is 2.37. The van der Waals surface area contributed by atoms with Gasteiger partial charge in [0.1, 0.15) is 36.9 Å². The number of para-hydroxylation sites is 2. The Bertz CT molecular complexity index is 2230. The summed E-state index contributed by atoms with van der Waals surface area (Å²) in [5.41, 5.74) is 10.4. The largest absolute Gasteiger partial charge is 0.491 e. The van der Waals surface area contributed by atoms with Crippen molar-refractivity contribution in [3.8, 4) is 11.5 Å². The van der Waals surface area contributed by atoms with Gasteiger partial charge in [-0.15, -0.1) is 0 Å². The van der Waals surface area contributed by atoms with Crippen LogP contribution in [0.5, 0.6) is 11.5 Å². The highest BCUT2D eigenvalue weighted by Gasteiger charge is 2.14. The lowest BCUT2D eigenvalue weighted by atomic mass is 10.1. The zero-order valence-corrected chi connectivity index (χ0v) is 33.1. The van der Waals surface area contributed by atoms with Crippen LogP contribution in [-0.4, -0.2) is 59.1 Å². The van der Waals surface area contributed by atoms with E-state index in [0.717, 1.165) is 56.4 Å². The maximum atomic E-state index is 9.64. The average molecular weight is 797 g/mol. The summed E-state index contributed by atoms with van der Waals surface area (Å²) in [6.07, 6.45) is 6.62. The summed E-state index contributed by atoms with van der Waals surface area (Å²) < 4.78 is 11.2. The van der Waals surface area contributed by atoms with Gasteiger partial charge in [0.25, 0.3) is 0 Å². The van der Waals surface area contributed by atoms with Crippen molar-refractivity contribution in [3.63, 3.8) is 0 Å². The summed E-state index contributed by atoms with van der Waals surface area (Å²) in [7, 11) is 0. The Morgan fingerprint density at radius 2 is 0.600 bits per heavy atom. The van der Waals surface area contributed by atoms with Crippen molar-refractivity contribution in [1.82, 2.24) is 0 Å². The number of hydrogen-bond acceptors (Lipinski definition) is 8. The van der Waals surface area contributed by atoms with E-state index in [4.69, 9.17) is 19.7 Å². The van der Waals surface area contributed by atoms with Gasteiger partial charge >= 0.3 is 0 Å². The zero-order chi connectivity index (χ0) is 41.5. The number of ether oxygens (including phenoxy) is 2. The molecular weight excluding hydrogens is 749 g/mol. The maximum absolute atomic E-state index is 9.64. The number of nitrogens with zero attached hydrogens (tertiary/aromatic N) is 2. The molecule has 0 amide bonds. The fraction of sp³-hybridized carbons (Fsp3) is 0.115. The van der Waals surface area contributed by atoms with E-state index >= 15 is 0 Å². The third kappa shape index (κ3) is 11.2. The SMILES string of the molecule is OCC(O)COc1ccc(N(c2ccccc2)c2ccc(C=Cc3ccc(C=Cc4ccc(N(c5ccccc5)c5ccc(OCC(O)CO)cc5)cc4)cc3)cc2)cc1. The van der Waals surface area contributed by atoms with Crippen LogP contribution in [0.2, 0.25) is 0 Å². The summed E-state index contributed by atoms with van der Waals surface area (Å²) in [6, 6.07) is 61.1. The summed E-state index contributed by atoms with van der Waals surface area (Å²) in [4.78, 5) is 4.35. The summed E-state index contributed by atoms with van der Waals surface area (Å²) in [5, 5.41) is 37.5. The monoisotopic (exact) mass is 796 g/mol. The third-order valence-electron chi connectivity index (χ3n) is 9.70. The molecule has 0 aliphatic heterocycles. The average Bonchev–Trinajstić information content (AvgIpc) is 3.31. The van der Waals surface area contributed by atoms with Crippen molar-refractivity contribution in [2.45, 2.75) is 12.2 Å². The predicted molar refractivity (Wildman–Crippen MR) is 244 cm³/mol. The summed E-state index contributed by atoms with van der Waals surface area (Å²) in [6.45, 7) is -0.638. The molecule has 0 spiro atoms. The van der Waals surface area contributed by atoms with Crippen LogP contribution in [0.25, 0.3) is 24.3 Å². The molecule has 0 heterocycles.